The number of amides is 1. The van der Waals surface area contributed by atoms with Gasteiger partial charge in [0.2, 0.25) is 0 Å². The lowest BCUT2D eigenvalue weighted by Crippen LogP contribution is -2.12. The van der Waals surface area contributed by atoms with E-state index in [1.807, 2.05) is 37.3 Å². The van der Waals surface area contributed by atoms with E-state index in [-0.39, 0.29) is 5.91 Å². The van der Waals surface area contributed by atoms with Gasteiger partial charge in [0, 0.05) is 11.8 Å². The number of aromatic nitrogens is 1. The molecule has 0 atom stereocenters. The number of carbonyl (C=O) groups excluding carboxylic acids is 1. The standard InChI is InChI=1S/C20H18ClN3O2/c1-13-7-8-18(26-2)17(11-13)23-19-12-14(9-10-22-19)20(25)24-16-6-4-3-5-15(16)21/h3-12H,1-2H3,(H,22,23)(H,24,25). The largest absolute Gasteiger partial charge is 0.495 e. The molecule has 0 saturated heterocycles. The molecule has 3 aromatic rings. The SMILES string of the molecule is COc1ccc(C)cc1Nc1cc(C(=O)Nc2ccccc2Cl)ccn1. The predicted molar refractivity (Wildman–Crippen MR) is 105 cm³/mol. The first-order valence-electron chi connectivity index (χ1n) is 8.00. The molecule has 2 aromatic carbocycles. The topological polar surface area (TPSA) is 63.2 Å². The molecule has 1 heterocycles. The normalized spacial score (nSPS) is 10.3. The number of nitrogens with one attached hydrogen (secondary N) is 2. The number of hydrogen-bond donors (Lipinski definition) is 2. The highest BCUT2D eigenvalue weighted by atomic mass is 35.5. The molecule has 1 amide bonds. The monoisotopic (exact) mass is 367 g/mol. The maximum atomic E-state index is 12.5. The molecule has 0 aliphatic rings. The van der Waals surface area contributed by atoms with Crippen LogP contribution in [0.4, 0.5) is 17.2 Å². The van der Waals surface area contributed by atoms with Gasteiger partial charge in [0.15, 0.2) is 0 Å². The molecule has 0 spiro atoms. The van der Waals surface area contributed by atoms with Crippen molar-refractivity contribution in [2.24, 2.45) is 0 Å². The van der Waals surface area contributed by atoms with Crippen LogP contribution in [0.25, 0.3) is 0 Å². The molecule has 2 N–H and O–H groups in total. The van der Waals surface area contributed by atoms with Crippen molar-refractivity contribution < 1.29 is 9.53 Å². The molecule has 0 aliphatic carbocycles. The number of methoxy groups -OCH3 is 1. The van der Waals surface area contributed by atoms with Gasteiger partial charge in [-0.25, -0.2) is 4.98 Å². The second-order valence-electron chi connectivity index (χ2n) is 5.69. The molecule has 1 aromatic heterocycles. The van der Waals surface area contributed by atoms with Crippen molar-refractivity contribution in [3.05, 3.63) is 76.9 Å². The molecule has 0 unspecified atom stereocenters. The van der Waals surface area contributed by atoms with Gasteiger partial charge in [-0.2, -0.15) is 0 Å². The van der Waals surface area contributed by atoms with Gasteiger partial charge in [-0.05, 0) is 48.9 Å². The fourth-order valence-corrected chi connectivity index (χ4v) is 2.64. The maximum absolute atomic E-state index is 12.5. The van der Waals surface area contributed by atoms with Crippen molar-refractivity contribution in [2.75, 3.05) is 17.7 Å². The molecule has 5 nitrogen and oxygen atoms in total. The van der Waals surface area contributed by atoms with Crippen LogP contribution in [0.2, 0.25) is 5.02 Å². The van der Waals surface area contributed by atoms with Crippen molar-refractivity contribution in [3.8, 4) is 5.75 Å². The average molecular weight is 368 g/mol. The quantitative estimate of drug-likeness (QED) is 0.662. The Balaban J connectivity index is 1.81. The van der Waals surface area contributed by atoms with E-state index in [0.29, 0.717) is 27.8 Å². The lowest BCUT2D eigenvalue weighted by Gasteiger charge is -2.12. The van der Waals surface area contributed by atoms with Crippen LogP contribution in [0.15, 0.2) is 60.8 Å². The maximum Gasteiger partial charge on any atom is 0.255 e. The van der Waals surface area contributed by atoms with Gasteiger partial charge < -0.3 is 15.4 Å². The summed E-state index contributed by atoms with van der Waals surface area (Å²) < 4.78 is 5.36. The minimum absolute atomic E-state index is 0.264. The van der Waals surface area contributed by atoms with E-state index >= 15 is 0 Å². The van der Waals surface area contributed by atoms with Crippen molar-refractivity contribution in [2.45, 2.75) is 6.92 Å². The van der Waals surface area contributed by atoms with Crippen molar-refractivity contribution >= 4 is 34.7 Å². The Morgan fingerprint density at radius 3 is 2.65 bits per heavy atom. The van der Waals surface area contributed by atoms with E-state index in [2.05, 4.69) is 15.6 Å². The van der Waals surface area contributed by atoms with E-state index in [1.165, 1.54) is 0 Å². The Morgan fingerprint density at radius 2 is 1.88 bits per heavy atom. The Kier molecular flexibility index (Phi) is 5.39. The number of hydrogen-bond acceptors (Lipinski definition) is 4. The lowest BCUT2D eigenvalue weighted by molar-refractivity contribution is 0.102. The first kappa shape index (κ1) is 17.8. The number of para-hydroxylation sites is 1. The molecular formula is C20H18ClN3O2. The number of halogens is 1. The van der Waals surface area contributed by atoms with Crippen LogP contribution in [0, 0.1) is 6.92 Å². The molecule has 0 fully saturated rings. The second kappa shape index (κ2) is 7.89. The Labute approximate surface area is 157 Å². The van der Waals surface area contributed by atoms with Crippen LogP contribution >= 0.6 is 11.6 Å². The molecule has 0 bridgehead atoms. The van der Waals surface area contributed by atoms with Gasteiger partial charge in [-0.15, -0.1) is 0 Å². The zero-order valence-corrected chi connectivity index (χ0v) is 15.2. The van der Waals surface area contributed by atoms with E-state index in [9.17, 15) is 4.79 Å². The summed E-state index contributed by atoms with van der Waals surface area (Å²) in [6, 6.07) is 16.2. The van der Waals surface area contributed by atoms with E-state index in [1.54, 1.807) is 37.6 Å². The molecular weight excluding hydrogens is 350 g/mol. The molecule has 0 radical (unpaired) electrons. The smallest absolute Gasteiger partial charge is 0.255 e. The molecule has 132 valence electrons. The summed E-state index contributed by atoms with van der Waals surface area (Å²) in [4.78, 5) is 16.8. The minimum Gasteiger partial charge on any atom is -0.495 e. The van der Waals surface area contributed by atoms with Crippen LogP contribution in [0.3, 0.4) is 0 Å². The van der Waals surface area contributed by atoms with Crippen molar-refractivity contribution in [1.29, 1.82) is 0 Å². The summed E-state index contributed by atoms with van der Waals surface area (Å²) in [6.07, 6.45) is 1.58. The predicted octanol–water partition coefficient (Wildman–Crippen LogP) is 5.05. The fourth-order valence-electron chi connectivity index (χ4n) is 2.45. The lowest BCUT2D eigenvalue weighted by atomic mass is 10.2. The van der Waals surface area contributed by atoms with Crippen LogP contribution in [0.1, 0.15) is 15.9 Å². The highest BCUT2D eigenvalue weighted by Gasteiger charge is 2.10. The summed E-state index contributed by atoms with van der Waals surface area (Å²) in [7, 11) is 1.61. The zero-order chi connectivity index (χ0) is 18.5. The Hall–Kier alpha value is -3.05. The van der Waals surface area contributed by atoms with Crippen LogP contribution in [-0.2, 0) is 0 Å². The number of rotatable bonds is 5. The van der Waals surface area contributed by atoms with Gasteiger partial charge in [-0.3, -0.25) is 4.79 Å². The van der Waals surface area contributed by atoms with E-state index in [0.717, 1.165) is 11.3 Å². The number of aryl methyl sites for hydroxylation is 1. The third-order valence-corrected chi connectivity index (χ3v) is 4.09. The van der Waals surface area contributed by atoms with Gasteiger partial charge in [0.05, 0.1) is 23.5 Å². The number of anilines is 3. The number of ether oxygens (including phenoxy) is 1. The summed E-state index contributed by atoms with van der Waals surface area (Å²) in [5, 5.41) is 6.47. The average Bonchev–Trinajstić information content (AvgIpc) is 2.64. The third kappa shape index (κ3) is 4.13. The highest BCUT2D eigenvalue weighted by Crippen LogP contribution is 2.28. The van der Waals surface area contributed by atoms with Crippen LogP contribution < -0.4 is 15.4 Å². The zero-order valence-electron chi connectivity index (χ0n) is 14.4. The molecule has 26 heavy (non-hydrogen) atoms. The Morgan fingerprint density at radius 1 is 1.08 bits per heavy atom. The number of pyridine rings is 1. The minimum atomic E-state index is -0.264. The van der Waals surface area contributed by atoms with Gasteiger partial charge in [0.1, 0.15) is 11.6 Å². The first-order chi connectivity index (χ1) is 12.6. The first-order valence-corrected chi connectivity index (χ1v) is 8.38. The van der Waals surface area contributed by atoms with Crippen molar-refractivity contribution in [3.63, 3.8) is 0 Å². The summed E-state index contributed by atoms with van der Waals surface area (Å²) >= 11 is 6.09. The van der Waals surface area contributed by atoms with E-state index < -0.39 is 0 Å². The fraction of sp³-hybridized carbons (Fsp3) is 0.100. The number of nitrogens with zero attached hydrogens (tertiary/aromatic N) is 1. The van der Waals surface area contributed by atoms with Crippen LogP contribution in [0.5, 0.6) is 5.75 Å². The third-order valence-electron chi connectivity index (χ3n) is 3.76. The Bertz CT molecular complexity index is 944. The molecule has 6 heteroatoms. The second-order valence-corrected chi connectivity index (χ2v) is 6.10. The molecule has 3 rings (SSSR count). The number of carbonyl (C=O) groups is 1. The molecule has 0 aliphatic heterocycles. The summed E-state index contributed by atoms with van der Waals surface area (Å²) in [5.74, 6) is 0.976. The highest BCUT2D eigenvalue weighted by molar-refractivity contribution is 6.33. The van der Waals surface area contributed by atoms with Gasteiger partial charge in [0.25, 0.3) is 5.91 Å². The van der Waals surface area contributed by atoms with Gasteiger partial charge in [-0.1, -0.05) is 29.8 Å². The summed E-state index contributed by atoms with van der Waals surface area (Å²) in [6.45, 7) is 1.99. The van der Waals surface area contributed by atoms with Gasteiger partial charge >= 0.3 is 0 Å². The van der Waals surface area contributed by atoms with E-state index in [4.69, 9.17) is 16.3 Å². The van der Waals surface area contributed by atoms with Crippen molar-refractivity contribution in [1.82, 2.24) is 4.98 Å². The summed E-state index contributed by atoms with van der Waals surface area (Å²) in [5.41, 5.74) is 2.89. The van der Waals surface area contributed by atoms with Crippen LogP contribution in [-0.4, -0.2) is 18.0 Å². The number of benzene rings is 2. The molecule has 0 saturated carbocycles.